The Hall–Kier alpha value is -2.15. The zero-order chi connectivity index (χ0) is 13.8. The Morgan fingerprint density at radius 2 is 2.21 bits per heavy atom. The smallest absolute Gasteiger partial charge is 0.292 e. The van der Waals surface area contributed by atoms with Gasteiger partial charge < -0.3 is 15.8 Å². The number of benzene rings is 1. The highest BCUT2D eigenvalue weighted by atomic mass is 16.6. The molecule has 0 radical (unpaired) electrons. The Labute approximate surface area is 109 Å². The third-order valence-electron chi connectivity index (χ3n) is 3.05. The molecule has 2 unspecified atom stereocenters. The molecule has 1 aromatic rings. The Kier molecular flexibility index (Phi) is 3.96. The highest BCUT2D eigenvalue weighted by Gasteiger charge is 2.29. The van der Waals surface area contributed by atoms with Crippen molar-refractivity contribution in [3.05, 3.63) is 34.4 Å². The standard InChI is InChI=1S/C12H15N3O4/c13-12(16)11-6-5-8(19-11)7-14-9-3-1-2-4-10(9)15(17)18/h1-4,8,11,14H,5-7H2,(H2,13,16). The number of nitrogens with zero attached hydrogens (tertiary/aromatic N) is 1. The fourth-order valence-electron chi connectivity index (χ4n) is 2.07. The third kappa shape index (κ3) is 3.19. The van der Waals surface area contributed by atoms with Gasteiger partial charge in [0, 0.05) is 12.6 Å². The minimum absolute atomic E-state index is 0.0203. The van der Waals surface area contributed by atoms with Crippen molar-refractivity contribution in [3.63, 3.8) is 0 Å². The van der Waals surface area contributed by atoms with Crippen LogP contribution in [0.25, 0.3) is 0 Å². The fourth-order valence-corrected chi connectivity index (χ4v) is 2.07. The van der Waals surface area contributed by atoms with Gasteiger partial charge in [-0.2, -0.15) is 0 Å². The van der Waals surface area contributed by atoms with Gasteiger partial charge >= 0.3 is 0 Å². The lowest BCUT2D eigenvalue weighted by Crippen LogP contribution is -2.30. The quantitative estimate of drug-likeness (QED) is 0.611. The molecule has 1 aromatic carbocycles. The van der Waals surface area contributed by atoms with Crippen molar-refractivity contribution in [2.24, 2.45) is 5.73 Å². The molecule has 102 valence electrons. The second kappa shape index (κ2) is 5.66. The molecule has 0 aliphatic carbocycles. The number of nitrogens with two attached hydrogens (primary N) is 1. The second-order valence-corrected chi connectivity index (χ2v) is 4.38. The van der Waals surface area contributed by atoms with Gasteiger partial charge in [-0.05, 0) is 18.9 Å². The maximum atomic E-state index is 11.0. The zero-order valence-corrected chi connectivity index (χ0v) is 10.2. The van der Waals surface area contributed by atoms with E-state index in [9.17, 15) is 14.9 Å². The largest absolute Gasteiger partial charge is 0.377 e. The SMILES string of the molecule is NC(=O)C1CCC(CNc2ccccc2[N+](=O)[O-])O1. The topological polar surface area (TPSA) is 107 Å². The molecule has 1 fully saturated rings. The molecule has 1 saturated heterocycles. The van der Waals surface area contributed by atoms with Gasteiger partial charge in [-0.1, -0.05) is 12.1 Å². The number of carbonyl (C=O) groups is 1. The number of amides is 1. The second-order valence-electron chi connectivity index (χ2n) is 4.38. The average Bonchev–Trinajstić information content (AvgIpc) is 2.85. The van der Waals surface area contributed by atoms with Crippen LogP contribution in [0.2, 0.25) is 0 Å². The number of nitro benzene ring substituents is 1. The van der Waals surface area contributed by atoms with Crippen LogP contribution in [0.15, 0.2) is 24.3 Å². The lowest BCUT2D eigenvalue weighted by molar-refractivity contribution is -0.384. The van der Waals surface area contributed by atoms with Gasteiger partial charge in [-0.25, -0.2) is 0 Å². The fraction of sp³-hybridized carbons (Fsp3) is 0.417. The van der Waals surface area contributed by atoms with Gasteiger partial charge in [0.05, 0.1) is 11.0 Å². The van der Waals surface area contributed by atoms with Gasteiger partial charge in [-0.3, -0.25) is 14.9 Å². The number of nitro groups is 1. The van der Waals surface area contributed by atoms with Crippen LogP contribution in [-0.4, -0.2) is 29.6 Å². The van der Waals surface area contributed by atoms with E-state index < -0.39 is 16.9 Å². The number of carbonyl (C=O) groups excluding carboxylic acids is 1. The van der Waals surface area contributed by atoms with Crippen molar-refractivity contribution in [1.29, 1.82) is 0 Å². The Bertz CT molecular complexity index is 492. The van der Waals surface area contributed by atoms with Crippen LogP contribution in [0.5, 0.6) is 0 Å². The molecule has 3 N–H and O–H groups in total. The van der Waals surface area contributed by atoms with Crippen LogP contribution in [0.3, 0.4) is 0 Å². The summed E-state index contributed by atoms with van der Waals surface area (Å²) in [7, 11) is 0. The molecule has 7 nitrogen and oxygen atoms in total. The molecule has 0 aromatic heterocycles. The molecule has 7 heteroatoms. The first-order valence-corrected chi connectivity index (χ1v) is 6.00. The lowest BCUT2D eigenvalue weighted by Gasteiger charge is -2.13. The summed E-state index contributed by atoms with van der Waals surface area (Å²) in [5.74, 6) is -0.465. The normalized spacial score (nSPS) is 22.1. The van der Waals surface area contributed by atoms with E-state index in [0.29, 0.717) is 25.1 Å². The minimum atomic E-state index is -0.544. The van der Waals surface area contributed by atoms with E-state index in [1.165, 1.54) is 6.07 Å². The Balaban J connectivity index is 1.93. The first kappa shape index (κ1) is 13.3. The number of para-hydroxylation sites is 2. The number of primary amides is 1. The van der Waals surface area contributed by atoms with Crippen LogP contribution in [-0.2, 0) is 9.53 Å². The summed E-state index contributed by atoms with van der Waals surface area (Å²) in [5.41, 5.74) is 5.62. The highest BCUT2D eigenvalue weighted by Crippen LogP contribution is 2.25. The van der Waals surface area contributed by atoms with Gasteiger partial charge in [0.1, 0.15) is 11.8 Å². The Morgan fingerprint density at radius 1 is 1.47 bits per heavy atom. The molecule has 2 atom stereocenters. The molecule has 19 heavy (non-hydrogen) atoms. The van der Waals surface area contributed by atoms with E-state index in [1.54, 1.807) is 18.2 Å². The molecule has 0 spiro atoms. The minimum Gasteiger partial charge on any atom is -0.377 e. The summed E-state index contributed by atoms with van der Waals surface area (Å²) in [6, 6.07) is 6.40. The number of ether oxygens (including phenoxy) is 1. The summed E-state index contributed by atoms with van der Waals surface area (Å²) >= 11 is 0. The van der Waals surface area contributed by atoms with Crippen LogP contribution in [0.1, 0.15) is 12.8 Å². The maximum Gasteiger partial charge on any atom is 0.292 e. The van der Waals surface area contributed by atoms with Crippen LogP contribution >= 0.6 is 0 Å². The molecule has 1 aliphatic heterocycles. The highest BCUT2D eigenvalue weighted by molar-refractivity contribution is 5.79. The molecule has 1 aliphatic rings. The molecule has 0 saturated carbocycles. The average molecular weight is 265 g/mol. The van der Waals surface area contributed by atoms with Crippen molar-refractivity contribution in [2.45, 2.75) is 25.0 Å². The summed E-state index contributed by atoms with van der Waals surface area (Å²) < 4.78 is 5.44. The van der Waals surface area contributed by atoms with Gasteiger partial charge in [0.2, 0.25) is 5.91 Å². The molecular weight excluding hydrogens is 250 g/mol. The predicted molar refractivity (Wildman–Crippen MR) is 68.7 cm³/mol. The number of anilines is 1. The van der Waals surface area contributed by atoms with E-state index in [-0.39, 0.29) is 11.8 Å². The van der Waals surface area contributed by atoms with E-state index in [4.69, 9.17) is 10.5 Å². The number of nitrogens with one attached hydrogen (secondary N) is 1. The first-order valence-electron chi connectivity index (χ1n) is 6.00. The predicted octanol–water partition coefficient (Wildman–Crippen LogP) is 1.04. The summed E-state index contributed by atoms with van der Waals surface area (Å²) in [6.45, 7) is 0.411. The maximum absolute atomic E-state index is 11.0. The molecule has 1 heterocycles. The third-order valence-corrected chi connectivity index (χ3v) is 3.05. The van der Waals surface area contributed by atoms with Crippen LogP contribution in [0, 0.1) is 10.1 Å². The first-order chi connectivity index (χ1) is 9.08. The zero-order valence-electron chi connectivity index (χ0n) is 10.2. The monoisotopic (exact) mass is 265 g/mol. The number of hydrogen-bond donors (Lipinski definition) is 2. The van der Waals surface area contributed by atoms with E-state index in [2.05, 4.69) is 5.32 Å². The van der Waals surface area contributed by atoms with Crippen molar-refractivity contribution in [2.75, 3.05) is 11.9 Å². The van der Waals surface area contributed by atoms with Crippen LogP contribution < -0.4 is 11.1 Å². The van der Waals surface area contributed by atoms with E-state index in [0.717, 1.165) is 0 Å². The summed E-state index contributed by atoms with van der Waals surface area (Å²) in [6.07, 6.45) is 0.606. The molecule has 1 amide bonds. The van der Waals surface area contributed by atoms with Gasteiger partial charge in [-0.15, -0.1) is 0 Å². The van der Waals surface area contributed by atoms with Crippen molar-refractivity contribution >= 4 is 17.3 Å². The van der Waals surface area contributed by atoms with E-state index >= 15 is 0 Å². The Morgan fingerprint density at radius 3 is 2.84 bits per heavy atom. The number of rotatable bonds is 5. The van der Waals surface area contributed by atoms with Gasteiger partial charge in [0.15, 0.2) is 0 Å². The van der Waals surface area contributed by atoms with Crippen molar-refractivity contribution in [1.82, 2.24) is 0 Å². The molecular formula is C12H15N3O4. The van der Waals surface area contributed by atoms with Crippen molar-refractivity contribution in [3.8, 4) is 0 Å². The molecule has 2 rings (SSSR count). The van der Waals surface area contributed by atoms with Crippen molar-refractivity contribution < 1.29 is 14.5 Å². The van der Waals surface area contributed by atoms with Gasteiger partial charge in [0.25, 0.3) is 5.69 Å². The van der Waals surface area contributed by atoms with E-state index in [1.807, 2.05) is 0 Å². The summed E-state index contributed by atoms with van der Waals surface area (Å²) in [5, 5.41) is 13.8. The number of hydrogen-bond acceptors (Lipinski definition) is 5. The lowest BCUT2D eigenvalue weighted by atomic mass is 10.2. The molecule has 0 bridgehead atoms. The summed E-state index contributed by atoms with van der Waals surface area (Å²) in [4.78, 5) is 21.3. The van der Waals surface area contributed by atoms with Crippen LogP contribution in [0.4, 0.5) is 11.4 Å².